The Balaban J connectivity index is 1.78. The van der Waals surface area contributed by atoms with E-state index in [0.717, 1.165) is 24.8 Å². The van der Waals surface area contributed by atoms with E-state index in [9.17, 15) is 23.1 Å². The highest BCUT2D eigenvalue weighted by Crippen LogP contribution is 2.46. The smallest absolute Gasteiger partial charge is 0.478 e. The van der Waals surface area contributed by atoms with Crippen LogP contribution in [0.1, 0.15) is 62.0 Å². The molecular formula is C25H28F3N3O3. The van der Waals surface area contributed by atoms with E-state index in [1.807, 2.05) is 0 Å². The van der Waals surface area contributed by atoms with Crippen LogP contribution in [-0.4, -0.2) is 27.0 Å². The molecular weight excluding hydrogens is 447 g/mol. The number of carboxylic acid groups (broad SMARTS) is 1. The van der Waals surface area contributed by atoms with Crippen molar-refractivity contribution in [1.29, 1.82) is 0 Å². The number of hydrogen-bond donors (Lipinski definition) is 2. The third-order valence-corrected chi connectivity index (χ3v) is 6.42. The van der Waals surface area contributed by atoms with Crippen molar-refractivity contribution >= 4 is 28.6 Å². The minimum absolute atomic E-state index is 0.128. The van der Waals surface area contributed by atoms with Crippen LogP contribution in [0.2, 0.25) is 0 Å². The van der Waals surface area contributed by atoms with Crippen LogP contribution in [0, 0.1) is 18.3 Å². The highest BCUT2D eigenvalue weighted by molar-refractivity contribution is 5.96. The zero-order valence-electron chi connectivity index (χ0n) is 19.5. The van der Waals surface area contributed by atoms with E-state index >= 15 is 0 Å². The monoisotopic (exact) mass is 475 g/mol. The molecule has 9 heteroatoms. The average Bonchev–Trinajstić information content (AvgIpc) is 3.06. The zero-order valence-corrected chi connectivity index (χ0v) is 19.5. The van der Waals surface area contributed by atoms with E-state index in [0.29, 0.717) is 28.6 Å². The number of aromatic carboxylic acids is 1. The first kappa shape index (κ1) is 23.9. The number of hydrogen-bond acceptors (Lipinski definition) is 4. The summed E-state index contributed by atoms with van der Waals surface area (Å²) >= 11 is 0. The molecule has 1 aliphatic carbocycles. The molecule has 0 bridgehead atoms. The van der Waals surface area contributed by atoms with Gasteiger partial charge in [0.1, 0.15) is 5.75 Å². The van der Waals surface area contributed by atoms with Crippen LogP contribution in [0.4, 0.5) is 24.8 Å². The maximum Gasteiger partial charge on any atom is 0.573 e. The van der Waals surface area contributed by atoms with Gasteiger partial charge in [0.2, 0.25) is 5.95 Å². The molecule has 1 fully saturated rings. The van der Waals surface area contributed by atoms with Crippen molar-refractivity contribution in [2.24, 2.45) is 11.3 Å². The van der Waals surface area contributed by atoms with E-state index in [1.165, 1.54) is 24.3 Å². The van der Waals surface area contributed by atoms with E-state index in [1.54, 1.807) is 19.1 Å². The van der Waals surface area contributed by atoms with Crippen LogP contribution in [0.3, 0.4) is 0 Å². The number of alkyl halides is 3. The highest BCUT2D eigenvalue weighted by atomic mass is 19.4. The number of ether oxygens (including phenoxy) is 1. The first-order valence-corrected chi connectivity index (χ1v) is 11.2. The average molecular weight is 476 g/mol. The molecule has 0 saturated heterocycles. The van der Waals surface area contributed by atoms with Gasteiger partial charge in [-0.2, -0.15) is 0 Å². The van der Waals surface area contributed by atoms with Gasteiger partial charge in [-0.05, 0) is 79.5 Å². The Morgan fingerprint density at radius 1 is 1.18 bits per heavy atom. The Bertz CT molecular complexity index is 1220. The number of nitrogens with zero attached hydrogens (tertiary/aromatic N) is 2. The second-order valence-electron chi connectivity index (χ2n) is 9.98. The largest absolute Gasteiger partial charge is 0.573 e. The summed E-state index contributed by atoms with van der Waals surface area (Å²) in [5.41, 5.74) is 2.86. The number of aromatic nitrogens is 2. The van der Waals surface area contributed by atoms with Gasteiger partial charge >= 0.3 is 12.3 Å². The number of aryl methyl sites for hydroxylation is 1. The van der Waals surface area contributed by atoms with Crippen molar-refractivity contribution in [2.75, 3.05) is 5.32 Å². The van der Waals surface area contributed by atoms with Crippen LogP contribution in [0.15, 0.2) is 36.4 Å². The summed E-state index contributed by atoms with van der Waals surface area (Å²) in [6.07, 6.45) is -1.77. The number of carbonyl (C=O) groups is 1. The number of halogens is 3. The first-order valence-electron chi connectivity index (χ1n) is 11.2. The summed E-state index contributed by atoms with van der Waals surface area (Å²) in [6, 6.07) is 8.99. The summed E-state index contributed by atoms with van der Waals surface area (Å²) < 4.78 is 43.6. The maximum absolute atomic E-state index is 12.5. The van der Waals surface area contributed by atoms with Crippen molar-refractivity contribution in [3.63, 3.8) is 0 Å². The Morgan fingerprint density at radius 2 is 1.85 bits per heavy atom. The first-order chi connectivity index (χ1) is 15.8. The minimum atomic E-state index is -4.76. The molecule has 2 aromatic carbocycles. The number of imidazole rings is 1. The van der Waals surface area contributed by atoms with E-state index in [2.05, 4.69) is 35.4 Å². The van der Waals surface area contributed by atoms with Gasteiger partial charge in [0.25, 0.3) is 0 Å². The lowest BCUT2D eigenvalue weighted by Gasteiger charge is -2.40. The number of rotatable bonds is 5. The van der Waals surface area contributed by atoms with Crippen LogP contribution in [0.5, 0.6) is 5.75 Å². The quantitative estimate of drug-likeness (QED) is 0.413. The fourth-order valence-electron chi connectivity index (χ4n) is 5.35. The summed E-state index contributed by atoms with van der Waals surface area (Å²) in [5.74, 6) is -0.301. The van der Waals surface area contributed by atoms with Gasteiger partial charge in [0, 0.05) is 11.7 Å². The van der Waals surface area contributed by atoms with Crippen molar-refractivity contribution < 1.29 is 27.8 Å². The molecule has 0 radical (unpaired) electrons. The molecule has 0 spiro atoms. The van der Waals surface area contributed by atoms with E-state index < -0.39 is 12.3 Å². The van der Waals surface area contributed by atoms with Crippen LogP contribution >= 0.6 is 0 Å². The SMILES string of the molecule is Cc1c(C(=O)O)ccc2c1nc(Nc1ccc(OC(F)(F)F)cc1)n2C1CC(C)CC(C)(C)C1. The zero-order chi connectivity index (χ0) is 24.8. The summed E-state index contributed by atoms with van der Waals surface area (Å²) in [5, 5.41) is 12.8. The topological polar surface area (TPSA) is 76.4 Å². The lowest BCUT2D eigenvalue weighted by molar-refractivity contribution is -0.274. The standard InChI is InChI=1S/C25H28F3N3O3/c1-14-11-17(13-24(3,4)12-14)31-20-10-9-19(22(32)33)15(2)21(20)30-23(31)29-16-5-7-18(8-6-16)34-25(26,27)28/h5-10,14,17H,11-13H2,1-4H3,(H,29,30)(H,32,33). The molecule has 1 aliphatic rings. The predicted molar refractivity (Wildman–Crippen MR) is 124 cm³/mol. The number of nitrogens with one attached hydrogen (secondary N) is 1. The normalized spacial score (nSPS) is 20.3. The van der Waals surface area contributed by atoms with Gasteiger partial charge in [-0.15, -0.1) is 13.2 Å². The molecule has 1 heterocycles. The second kappa shape index (κ2) is 8.52. The van der Waals surface area contributed by atoms with Gasteiger partial charge in [-0.3, -0.25) is 0 Å². The van der Waals surface area contributed by atoms with Crippen molar-refractivity contribution in [3.05, 3.63) is 47.5 Å². The third-order valence-electron chi connectivity index (χ3n) is 6.42. The fraction of sp³-hybridized carbons (Fsp3) is 0.440. The van der Waals surface area contributed by atoms with Gasteiger partial charge in [0.15, 0.2) is 0 Å². The Labute approximate surface area is 195 Å². The molecule has 2 N–H and O–H groups in total. The lowest BCUT2D eigenvalue weighted by atomic mass is 9.70. The number of fused-ring (bicyclic) bond motifs is 1. The minimum Gasteiger partial charge on any atom is -0.478 e. The molecule has 0 amide bonds. The van der Waals surface area contributed by atoms with Crippen LogP contribution in [-0.2, 0) is 0 Å². The third kappa shape index (κ3) is 4.98. The number of carboxylic acids is 1. The fourth-order valence-corrected chi connectivity index (χ4v) is 5.35. The molecule has 0 aliphatic heterocycles. The van der Waals surface area contributed by atoms with Gasteiger partial charge in [0.05, 0.1) is 16.6 Å². The molecule has 2 unspecified atom stereocenters. The van der Waals surface area contributed by atoms with Crippen LogP contribution < -0.4 is 10.1 Å². The Morgan fingerprint density at radius 3 is 2.44 bits per heavy atom. The molecule has 6 nitrogen and oxygen atoms in total. The van der Waals surface area contributed by atoms with Crippen molar-refractivity contribution in [2.45, 2.75) is 59.4 Å². The maximum atomic E-state index is 12.5. The molecule has 3 aromatic rings. The Hall–Kier alpha value is -3.23. The summed E-state index contributed by atoms with van der Waals surface area (Å²) in [7, 11) is 0. The van der Waals surface area contributed by atoms with E-state index in [4.69, 9.17) is 4.98 Å². The molecule has 182 valence electrons. The predicted octanol–water partition coefficient (Wildman–Crippen LogP) is 7.07. The van der Waals surface area contributed by atoms with Gasteiger partial charge < -0.3 is 19.7 Å². The molecule has 1 aromatic heterocycles. The highest BCUT2D eigenvalue weighted by Gasteiger charge is 2.35. The van der Waals surface area contributed by atoms with Crippen molar-refractivity contribution in [3.8, 4) is 5.75 Å². The summed E-state index contributed by atoms with van der Waals surface area (Å²) in [4.78, 5) is 16.4. The summed E-state index contributed by atoms with van der Waals surface area (Å²) in [6.45, 7) is 8.46. The number of anilines is 2. The molecule has 4 rings (SSSR count). The molecule has 34 heavy (non-hydrogen) atoms. The second-order valence-corrected chi connectivity index (χ2v) is 9.98. The van der Waals surface area contributed by atoms with Crippen LogP contribution in [0.25, 0.3) is 11.0 Å². The lowest BCUT2D eigenvalue weighted by Crippen LogP contribution is -2.29. The molecule has 1 saturated carbocycles. The number of benzene rings is 2. The van der Waals surface area contributed by atoms with Crippen molar-refractivity contribution in [1.82, 2.24) is 9.55 Å². The van der Waals surface area contributed by atoms with Gasteiger partial charge in [-0.1, -0.05) is 20.8 Å². The Kier molecular flexibility index (Phi) is 5.99. The van der Waals surface area contributed by atoms with Gasteiger partial charge in [-0.25, -0.2) is 9.78 Å². The van der Waals surface area contributed by atoms with E-state index in [-0.39, 0.29) is 22.8 Å². The molecule has 2 atom stereocenters.